The van der Waals surface area contributed by atoms with Gasteiger partial charge in [-0.3, -0.25) is 14.4 Å². The zero-order valence-corrected chi connectivity index (χ0v) is 13.2. The maximum Gasteiger partial charge on any atom is 0.239 e. The van der Waals surface area contributed by atoms with Crippen LogP contribution in [0.25, 0.3) is 0 Å². The highest BCUT2D eigenvalue weighted by Crippen LogP contribution is 2.09. The van der Waals surface area contributed by atoms with Crippen molar-refractivity contribution in [3.63, 3.8) is 0 Å². The van der Waals surface area contributed by atoms with Crippen LogP contribution in [0.5, 0.6) is 0 Å². The van der Waals surface area contributed by atoms with Gasteiger partial charge in [0.2, 0.25) is 11.8 Å². The van der Waals surface area contributed by atoms with Gasteiger partial charge in [-0.1, -0.05) is 20.8 Å². The van der Waals surface area contributed by atoms with Gasteiger partial charge < -0.3 is 16.4 Å². The molecule has 20 heavy (non-hydrogen) atoms. The van der Waals surface area contributed by atoms with Crippen LogP contribution in [0.1, 0.15) is 33.6 Å². The van der Waals surface area contributed by atoms with Gasteiger partial charge in [0.05, 0.1) is 12.6 Å². The molecule has 0 heterocycles. The molecule has 0 rings (SSSR count). The third kappa shape index (κ3) is 9.80. The van der Waals surface area contributed by atoms with Gasteiger partial charge in [0.15, 0.2) is 0 Å². The number of hydrogen-bond donors (Lipinski definition) is 3. The molecule has 0 bridgehead atoms. The number of thioether (sulfide) groups is 1. The SMILES string of the molecule is CCC(=O)CCNC(=O)CNC(=O)C(N)CSC(C)C. The second-order valence-corrected chi connectivity index (χ2v) is 6.31. The summed E-state index contributed by atoms with van der Waals surface area (Å²) in [6.07, 6.45) is 0.787. The number of nitrogens with one attached hydrogen (secondary N) is 2. The summed E-state index contributed by atoms with van der Waals surface area (Å²) in [5.41, 5.74) is 5.70. The second-order valence-electron chi connectivity index (χ2n) is 4.70. The van der Waals surface area contributed by atoms with Crippen molar-refractivity contribution in [1.29, 1.82) is 0 Å². The van der Waals surface area contributed by atoms with E-state index in [0.717, 1.165) is 0 Å². The number of Topliss-reactive ketones (excluding diaryl/α,β-unsaturated/α-hetero) is 1. The first-order valence-electron chi connectivity index (χ1n) is 6.80. The van der Waals surface area contributed by atoms with Gasteiger partial charge in [-0.05, 0) is 5.25 Å². The van der Waals surface area contributed by atoms with Gasteiger partial charge in [0.1, 0.15) is 5.78 Å². The number of hydrogen-bond acceptors (Lipinski definition) is 5. The highest BCUT2D eigenvalue weighted by molar-refractivity contribution is 7.99. The zero-order chi connectivity index (χ0) is 15.5. The molecule has 1 atom stereocenters. The lowest BCUT2D eigenvalue weighted by molar-refractivity contribution is -0.126. The van der Waals surface area contributed by atoms with Crippen molar-refractivity contribution in [2.75, 3.05) is 18.8 Å². The van der Waals surface area contributed by atoms with Gasteiger partial charge >= 0.3 is 0 Å². The molecule has 4 N–H and O–H groups in total. The van der Waals surface area contributed by atoms with E-state index in [1.165, 1.54) is 0 Å². The standard InChI is InChI=1S/C13H25N3O3S/c1-4-10(17)5-6-15-12(18)7-16-13(19)11(14)8-20-9(2)3/h9,11H,4-8,14H2,1-3H3,(H,15,18)(H,16,19). The molecule has 0 aromatic rings. The second kappa shape index (κ2) is 10.7. The number of amides is 2. The van der Waals surface area contributed by atoms with E-state index in [-0.39, 0.29) is 24.1 Å². The fourth-order valence-corrected chi connectivity index (χ4v) is 1.99. The Morgan fingerprint density at radius 1 is 1.20 bits per heavy atom. The Kier molecular flexibility index (Phi) is 10.1. The van der Waals surface area contributed by atoms with Crippen LogP contribution < -0.4 is 16.4 Å². The Hall–Kier alpha value is -1.08. The maximum atomic E-state index is 11.6. The molecule has 0 fully saturated rings. The maximum absolute atomic E-state index is 11.6. The fourth-order valence-electron chi connectivity index (χ4n) is 1.25. The summed E-state index contributed by atoms with van der Waals surface area (Å²) >= 11 is 1.60. The lowest BCUT2D eigenvalue weighted by atomic mass is 10.2. The van der Waals surface area contributed by atoms with E-state index in [0.29, 0.717) is 30.4 Å². The third-order valence-corrected chi connectivity index (χ3v) is 3.71. The van der Waals surface area contributed by atoms with E-state index in [2.05, 4.69) is 10.6 Å². The smallest absolute Gasteiger partial charge is 0.239 e. The number of nitrogens with two attached hydrogens (primary N) is 1. The van der Waals surface area contributed by atoms with Gasteiger partial charge in [-0.25, -0.2) is 0 Å². The van der Waals surface area contributed by atoms with Crippen LogP contribution in [0, 0.1) is 0 Å². The van der Waals surface area contributed by atoms with Crippen LogP contribution in [0.4, 0.5) is 0 Å². The van der Waals surface area contributed by atoms with Crippen molar-refractivity contribution in [2.45, 2.75) is 44.9 Å². The van der Waals surface area contributed by atoms with E-state index in [9.17, 15) is 14.4 Å². The predicted molar refractivity (Wildman–Crippen MR) is 81.5 cm³/mol. The largest absolute Gasteiger partial charge is 0.354 e. The highest BCUT2D eigenvalue weighted by Gasteiger charge is 2.14. The lowest BCUT2D eigenvalue weighted by Gasteiger charge is -2.13. The molecule has 0 aliphatic heterocycles. The first kappa shape index (κ1) is 18.9. The average molecular weight is 303 g/mol. The molecule has 0 aromatic carbocycles. The molecular weight excluding hydrogens is 278 g/mol. The monoisotopic (exact) mass is 303 g/mol. The first-order chi connectivity index (χ1) is 9.36. The van der Waals surface area contributed by atoms with Crippen molar-refractivity contribution in [3.8, 4) is 0 Å². The summed E-state index contributed by atoms with van der Waals surface area (Å²) in [4.78, 5) is 34.1. The Balaban J connectivity index is 3.77. The minimum atomic E-state index is -0.614. The van der Waals surface area contributed by atoms with Crippen LogP contribution in [-0.4, -0.2) is 47.7 Å². The fraction of sp³-hybridized carbons (Fsp3) is 0.769. The predicted octanol–water partition coefficient (Wildman–Crippen LogP) is 0.0569. The van der Waals surface area contributed by atoms with E-state index < -0.39 is 6.04 Å². The topological polar surface area (TPSA) is 101 Å². The normalized spacial score (nSPS) is 12.1. The van der Waals surface area contributed by atoms with Gasteiger partial charge in [0, 0.05) is 25.1 Å². The lowest BCUT2D eigenvalue weighted by Crippen LogP contribution is -2.46. The van der Waals surface area contributed by atoms with Gasteiger partial charge in [-0.15, -0.1) is 0 Å². The van der Waals surface area contributed by atoms with E-state index in [4.69, 9.17) is 5.73 Å². The minimum Gasteiger partial charge on any atom is -0.354 e. The summed E-state index contributed by atoms with van der Waals surface area (Å²) in [7, 11) is 0. The van der Waals surface area contributed by atoms with Crippen molar-refractivity contribution in [2.24, 2.45) is 5.73 Å². The van der Waals surface area contributed by atoms with Crippen LogP contribution in [-0.2, 0) is 14.4 Å². The minimum absolute atomic E-state index is 0.0991. The Morgan fingerprint density at radius 3 is 2.40 bits per heavy atom. The van der Waals surface area contributed by atoms with Crippen LogP contribution in [0.2, 0.25) is 0 Å². The van der Waals surface area contributed by atoms with Gasteiger partial charge in [0.25, 0.3) is 0 Å². The molecule has 7 heteroatoms. The molecule has 2 amide bonds. The highest BCUT2D eigenvalue weighted by atomic mass is 32.2. The first-order valence-corrected chi connectivity index (χ1v) is 7.85. The molecule has 0 aliphatic carbocycles. The Labute approximate surface area is 124 Å². The third-order valence-electron chi connectivity index (χ3n) is 2.49. The molecule has 0 radical (unpaired) electrons. The average Bonchev–Trinajstić information content (AvgIpc) is 2.41. The zero-order valence-electron chi connectivity index (χ0n) is 12.4. The van der Waals surface area contributed by atoms with Crippen LogP contribution >= 0.6 is 11.8 Å². The number of carbonyl (C=O) groups excluding carboxylic acids is 3. The van der Waals surface area contributed by atoms with E-state index >= 15 is 0 Å². The summed E-state index contributed by atoms with van der Waals surface area (Å²) in [6.45, 7) is 6.03. The number of carbonyl (C=O) groups is 3. The molecular formula is C13H25N3O3S. The van der Waals surface area contributed by atoms with Crippen LogP contribution in [0.3, 0.4) is 0 Å². The molecule has 0 aliphatic rings. The molecule has 0 saturated carbocycles. The Morgan fingerprint density at radius 2 is 1.85 bits per heavy atom. The number of ketones is 1. The number of rotatable bonds is 10. The molecule has 0 aromatic heterocycles. The van der Waals surface area contributed by atoms with E-state index in [1.807, 2.05) is 13.8 Å². The van der Waals surface area contributed by atoms with Crippen molar-refractivity contribution in [1.82, 2.24) is 10.6 Å². The summed E-state index contributed by atoms with van der Waals surface area (Å²) < 4.78 is 0. The van der Waals surface area contributed by atoms with Crippen molar-refractivity contribution >= 4 is 29.4 Å². The molecule has 0 spiro atoms. The molecule has 116 valence electrons. The van der Waals surface area contributed by atoms with Crippen LogP contribution in [0.15, 0.2) is 0 Å². The van der Waals surface area contributed by atoms with Crippen molar-refractivity contribution < 1.29 is 14.4 Å². The quantitative estimate of drug-likeness (QED) is 0.529. The Bertz CT molecular complexity index is 335. The summed E-state index contributed by atoms with van der Waals surface area (Å²) in [5.74, 6) is -0.0261. The summed E-state index contributed by atoms with van der Waals surface area (Å²) in [6, 6.07) is -0.614. The van der Waals surface area contributed by atoms with Crippen molar-refractivity contribution in [3.05, 3.63) is 0 Å². The molecule has 1 unspecified atom stereocenters. The van der Waals surface area contributed by atoms with E-state index in [1.54, 1.807) is 18.7 Å². The molecule has 6 nitrogen and oxygen atoms in total. The summed E-state index contributed by atoms with van der Waals surface area (Å²) in [5, 5.41) is 5.47. The molecule has 0 saturated heterocycles. The van der Waals surface area contributed by atoms with Gasteiger partial charge in [-0.2, -0.15) is 11.8 Å².